The number of aromatic nitrogens is 2. The van der Waals surface area contributed by atoms with E-state index in [-0.39, 0.29) is 0 Å². The number of aromatic amines is 1. The summed E-state index contributed by atoms with van der Waals surface area (Å²) in [4.78, 5) is 7.78. The predicted molar refractivity (Wildman–Crippen MR) is 85.0 cm³/mol. The van der Waals surface area contributed by atoms with Crippen molar-refractivity contribution in [2.24, 2.45) is 11.8 Å². The Labute approximate surface area is 127 Å². The van der Waals surface area contributed by atoms with E-state index in [1.165, 1.54) is 25.7 Å². The molecule has 3 unspecified atom stereocenters. The first kappa shape index (κ1) is 15.8. The highest BCUT2D eigenvalue weighted by Crippen LogP contribution is 2.29. The fraction of sp³-hybridized carbons (Fsp3) is 0.812. The van der Waals surface area contributed by atoms with Crippen molar-refractivity contribution in [1.82, 2.24) is 15.3 Å². The van der Waals surface area contributed by atoms with Crippen LogP contribution in [-0.2, 0) is 13.0 Å². The Hall–Kier alpha value is -0.540. The van der Waals surface area contributed by atoms with Crippen molar-refractivity contribution in [2.45, 2.75) is 71.9 Å². The van der Waals surface area contributed by atoms with E-state index in [2.05, 4.69) is 36.1 Å². The van der Waals surface area contributed by atoms with Crippen LogP contribution in [0.15, 0.2) is 0 Å². The zero-order chi connectivity index (χ0) is 14.5. The molecule has 0 spiro atoms. The molecule has 114 valence electrons. The number of H-pyrrole nitrogens is 1. The third kappa shape index (κ3) is 4.23. The molecular weight excluding hydrogens is 270 g/mol. The van der Waals surface area contributed by atoms with Crippen molar-refractivity contribution in [1.29, 1.82) is 0 Å². The number of imidazole rings is 1. The minimum Gasteiger partial charge on any atom is -0.344 e. The maximum absolute atomic E-state index is 6.21. The molecule has 4 heteroatoms. The van der Waals surface area contributed by atoms with Crippen LogP contribution in [0, 0.1) is 11.8 Å². The van der Waals surface area contributed by atoms with Crippen molar-refractivity contribution in [2.75, 3.05) is 0 Å². The predicted octanol–water partition coefficient (Wildman–Crippen LogP) is 4.32. The van der Waals surface area contributed by atoms with Crippen LogP contribution in [0.3, 0.4) is 0 Å². The first-order valence-electron chi connectivity index (χ1n) is 8.06. The first-order valence-corrected chi connectivity index (χ1v) is 8.44. The van der Waals surface area contributed by atoms with Gasteiger partial charge in [0.15, 0.2) is 5.15 Å². The molecule has 1 aromatic rings. The third-order valence-corrected chi connectivity index (χ3v) is 5.02. The number of hydrogen-bond acceptors (Lipinski definition) is 2. The van der Waals surface area contributed by atoms with Crippen molar-refractivity contribution in [3.8, 4) is 0 Å². The van der Waals surface area contributed by atoms with Gasteiger partial charge >= 0.3 is 0 Å². The second kappa shape index (κ2) is 7.46. The summed E-state index contributed by atoms with van der Waals surface area (Å²) in [6.07, 6.45) is 7.22. The summed E-state index contributed by atoms with van der Waals surface area (Å²) in [5, 5.41) is 4.28. The molecule has 1 aliphatic rings. The summed E-state index contributed by atoms with van der Waals surface area (Å²) in [5.41, 5.74) is 1.05. The number of halogens is 1. The smallest absolute Gasteiger partial charge is 0.151 e. The maximum atomic E-state index is 6.21. The normalized spacial score (nSPS) is 26.9. The van der Waals surface area contributed by atoms with E-state index in [0.717, 1.165) is 42.7 Å². The average Bonchev–Trinajstić information content (AvgIpc) is 2.78. The molecule has 0 radical (unpaired) electrons. The molecule has 1 saturated carbocycles. The number of hydrogen-bond donors (Lipinski definition) is 2. The molecule has 1 aromatic heterocycles. The first-order chi connectivity index (χ1) is 9.60. The van der Waals surface area contributed by atoms with Gasteiger partial charge in [-0.05, 0) is 37.5 Å². The second-order valence-electron chi connectivity index (χ2n) is 6.40. The van der Waals surface area contributed by atoms with E-state index in [9.17, 15) is 0 Å². The third-order valence-electron chi connectivity index (χ3n) is 4.71. The van der Waals surface area contributed by atoms with E-state index in [1.807, 2.05) is 0 Å². The second-order valence-corrected chi connectivity index (χ2v) is 6.76. The zero-order valence-corrected chi connectivity index (χ0v) is 13.8. The summed E-state index contributed by atoms with van der Waals surface area (Å²) in [7, 11) is 0. The lowest BCUT2D eigenvalue weighted by Crippen LogP contribution is -2.35. The molecule has 1 fully saturated rings. The van der Waals surface area contributed by atoms with Crippen molar-refractivity contribution < 1.29 is 0 Å². The van der Waals surface area contributed by atoms with Gasteiger partial charge in [-0.3, -0.25) is 0 Å². The molecule has 20 heavy (non-hydrogen) atoms. The quantitative estimate of drug-likeness (QED) is 0.821. The number of aryl methyl sites for hydroxylation is 1. The molecule has 3 atom stereocenters. The number of nitrogens with one attached hydrogen (secondary N) is 2. The van der Waals surface area contributed by atoms with E-state index in [4.69, 9.17) is 11.6 Å². The highest BCUT2D eigenvalue weighted by molar-refractivity contribution is 6.30. The molecule has 1 aliphatic carbocycles. The Morgan fingerprint density at radius 2 is 2.10 bits per heavy atom. The summed E-state index contributed by atoms with van der Waals surface area (Å²) in [6.45, 7) is 7.74. The standard InChI is InChI=1S/C16H28ClN3/c1-4-5-6-15-19-14(16(17)20-15)10-18-13-8-7-11(2)12(3)9-13/h11-13,18H,4-10H2,1-3H3,(H,19,20). The minimum atomic E-state index is 0.625. The molecule has 0 amide bonds. The highest BCUT2D eigenvalue weighted by Gasteiger charge is 2.24. The highest BCUT2D eigenvalue weighted by atomic mass is 35.5. The molecule has 0 aromatic carbocycles. The van der Waals surface area contributed by atoms with E-state index in [0.29, 0.717) is 11.2 Å². The lowest BCUT2D eigenvalue weighted by molar-refractivity contribution is 0.225. The van der Waals surface area contributed by atoms with Crippen LogP contribution in [0.4, 0.5) is 0 Å². The monoisotopic (exact) mass is 297 g/mol. The van der Waals surface area contributed by atoms with Gasteiger partial charge in [-0.25, -0.2) is 4.98 Å². The van der Waals surface area contributed by atoms with Gasteiger partial charge in [-0.15, -0.1) is 0 Å². The SMILES string of the molecule is CCCCc1nc(Cl)c(CNC2CCC(C)C(C)C2)[nH]1. The van der Waals surface area contributed by atoms with Crippen LogP contribution >= 0.6 is 11.6 Å². The zero-order valence-electron chi connectivity index (χ0n) is 13.0. The van der Waals surface area contributed by atoms with Crippen LogP contribution in [0.1, 0.15) is 64.4 Å². The average molecular weight is 298 g/mol. The molecule has 0 saturated heterocycles. The fourth-order valence-electron chi connectivity index (χ4n) is 3.00. The van der Waals surface area contributed by atoms with Crippen molar-refractivity contribution in [3.05, 3.63) is 16.7 Å². The van der Waals surface area contributed by atoms with Crippen LogP contribution < -0.4 is 5.32 Å². The largest absolute Gasteiger partial charge is 0.344 e. The van der Waals surface area contributed by atoms with Gasteiger partial charge in [0.25, 0.3) is 0 Å². The molecule has 1 heterocycles. The summed E-state index contributed by atoms with van der Waals surface area (Å²) < 4.78 is 0. The van der Waals surface area contributed by atoms with Gasteiger partial charge in [0, 0.05) is 19.0 Å². The molecule has 3 nitrogen and oxygen atoms in total. The molecule has 0 aliphatic heterocycles. The molecule has 2 rings (SSSR count). The Balaban J connectivity index is 1.83. The Morgan fingerprint density at radius 3 is 2.80 bits per heavy atom. The van der Waals surface area contributed by atoms with Crippen LogP contribution in [0.2, 0.25) is 5.15 Å². The molecule has 2 N–H and O–H groups in total. The fourth-order valence-corrected chi connectivity index (χ4v) is 3.21. The Kier molecular flexibility index (Phi) is 5.91. The van der Waals surface area contributed by atoms with Gasteiger partial charge < -0.3 is 10.3 Å². The maximum Gasteiger partial charge on any atom is 0.151 e. The van der Waals surface area contributed by atoms with Crippen LogP contribution in [0.25, 0.3) is 0 Å². The van der Waals surface area contributed by atoms with E-state index in [1.54, 1.807) is 0 Å². The summed E-state index contributed by atoms with van der Waals surface area (Å²) in [5.74, 6) is 2.71. The van der Waals surface area contributed by atoms with Crippen molar-refractivity contribution >= 4 is 11.6 Å². The lowest BCUT2D eigenvalue weighted by Gasteiger charge is -2.32. The van der Waals surface area contributed by atoms with Crippen LogP contribution in [-0.4, -0.2) is 16.0 Å². The van der Waals surface area contributed by atoms with Crippen molar-refractivity contribution in [3.63, 3.8) is 0 Å². The topological polar surface area (TPSA) is 40.7 Å². The number of nitrogens with zero attached hydrogens (tertiary/aromatic N) is 1. The van der Waals surface area contributed by atoms with Crippen LogP contribution in [0.5, 0.6) is 0 Å². The number of unbranched alkanes of at least 4 members (excludes halogenated alkanes) is 1. The Morgan fingerprint density at radius 1 is 1.30 bits per heavy atom. The number of rotatable bonds is 6. The minimum absolute atomic E-state index is 0.625. The summed E-state index contributed by atoms with van der Waals surface area (Å²) >= 11 is 6.21. The lowest BCUT2D eigenvalue weighted by atomic mass is 9.79. The van der Waals surface area contributed by atoms with E-state index < -0.39 is 0 Å². The van der Waals surface area contributed by atoms with Gasteiger partial charge in [0.2, 0.25) is 0 Å². The van der Waals surface area contributed by atoms with E-state index >= 15 is 0 Å². The summed E-state index contributed by atoms with van der Waals surface area (Å²) in [6, 6.07) is 0.625. The van der Waals surface area contributed by atoms with Gasteiger partial charge in [-0.2, -0.15) is 0 Å². The Bertz CT molecular complexity index is 416. The molecule has 0 bridgehead atoms. The van der Waals surface area contributed by atoms with Gasteiger partial charge in [-0.1, -0.05) is 38.8 Å². The van der Waals surface area contributed by atoms with Gasteiger partial charge in [0.05, 0.1) is 5.69 Å². The van der Waals surface area contributed by atoms with Gasteiger partial charge in [0.1, 0.15) is 5.82 Å². The molecular formula is C16H28ClN3.